The summed E-state index contributed by atoms with van der Waals surface area (Å²) in [5.74, 6) is 0. The van der Waals surface area contributed by atoms with Crippen molar-refractivity contribution in [1.82, 2.24) is 19.8 Å². The summed E-state index contributed by atoms with van der Waals surface area (Å²) >= 11 is 0. The Kier molecular flexibility index (Phi) is 4.34. The molecule has 1 aromatic carbocycles. The zero-order chi connectivity index (χ0) is 15.4. The lowest BCUT2D eigenvalue weighted by Gasteiger charge is -2.24. The summed E-state index contributed by atoms with van der Waals surface area (Å²) in [6.07, 6.45) is 5.41. The predicted octanol–water partition coefficient (Wildman–Crippen LogP) is 3.11. The van der Waals surface area contributed by atoms with E-state index in [1.165, 1.54) is 11.1 Å². The molecule has 5 nitrogen and oxygen atoms in total. The molecule has 1 atom stereocenters. The van der Waals surface area contributed by atoms with Gasteiger partial charge in [0.05, 0.1) is 12.6 Å². The summed E-state index contributed by atoms with van der Waals surface area (Å²) < 4.78 is 6.89. The standard InChI is InChI=1S/C17H20N4O/c1-14(17-8-11-22-19-17)20(2)12-15-6-3-4-7-16(15)13-21-10-5-9-18-21/h3-11,14H,12-13H2,1-2H3. The molecule has 0 N–H and O–H groups in total. The van der Waals surface area contributed by atoms with Crippen molar-refractivity contribution < 1.29 is 4.52 Å². The number of benzene rings is 1. The van der Waals surface area contributed by atoms with E-state index in [2.05, 4.69) is 53.4 Å². The minimum absolute atomic E-state index is 0.205. The third kappa shape index (κ3) is 3.26. The molecule has 0 saturated carbocycles. The monoisotopic (exact) mass is 296 g/mol. The van der Waals surface area contributed by atoms with Gasteiger partial charge in [-0.1, -0.05) is 29.4 Å². The molecule has 0 saturated heterocycles. The second kappa shape index (κ2) is 6.58. The van der Waals surface area contributed by atoms with E-state index < -0.39 is 0 Å². The van der Waals surface area contributed by atoms with E-state index in [0.717, 1.165) is 18.8 Å². The highest BCUT2D eigenvalue weighted by Crippen LogP contribution is 2.20. The predicted molar refractivity (Wildman–Crippen MR) is 84.2 cm³/mol. The fourth-order valence-corrected chi connectivity index (χ4v) is 2.50. The normalized spacial score (nSPS) is 12.7. The van der Waals surface area contributed by atoms with Crippen LogP contribution >= 0.6 is 0 Å². The van der Waals surface area contributed by atoms with E-state index in [0.29, 0.717) is 0 Å². The Balaban J connectivity index is 1.74. The molecule has 22 heavy (non-hydrogen) atoms. The lowest BCUT2D eigenvalue weighted by atomic mass is 10.1. The van der Waals surface area contributed by atoms with E-state index in [1.54, 1.807) is 12.5 Å². The average molecular weight is 296 g/mol. The van der Waals surface area contributed by atoms with Crippen LogP contribution < -0.4 is 0 Å². The Morgan fingerprint density at radius 1 is 1.18 bits per heavy atom. The molecule has 3 rings (SSSR count). The van der Waals surface area contributed by atoms with Crippen LogP contribution in [-0.4, -0.2) is 26.9 Å². The molecule has 0 radical (unpaired) electrons. The molecule has 2 heterocycles. The third-order valence-electron chi connectivity index (χ3n) is 3.98. The van der Waals surface area contributed by atoms with Gasteiger partial charge in [-0.15, -0.1) is 0 Å². The molecule has 1 unspecified atom stereocenters. The molecule has 0 fully saturated rings. The maximum Gasteiger partial charge on any atom is 0.124 e. The van der Waals surface area contributed by atoms with Crippen LogP contribution in [0.15, 0.2) is 59.6 Å². The first-order valence-corrected chi connectivity index (χ1v) is 7.39. The molecule has 3 aromatic rings. The van der Waals surface area contributed by atoms with Crippen LogP contribution in [0.3, 0.4) is 0 Å². The summed E-state index contributed by atoms with van der Waals surface area (Å²) in [4.78, 5) is 2.26. The van der Waals surface area contributed by atoms with Crippen LogP contribution in [0.25, 0.3) is 0 Å². The topological polar surface area (TPSA) is 47.1 Å². The van der Waals surface area contributed by atoms with E-state index in [4.69, 9.17) is 4.52 Å². The van der Waals surface area contributed by atoms with Gasteiger partial charge in [0.2, 0.25) is 0 Å². The van der Waals surface area contributed by atoms with Crippen molar-refractivity contribution in [3.63, 3.8) is 0 Å². The van der Waals surface area contributed by atoms with Crippen LogP contribution in [0, 0.1) is 0 Å². The van der Waals surface area contributed by atoms with Crippen molar-refractivity contribution in [3.8, 4) is 0 Å². The first-order valence-electron chi connectivity index (χ1n) is 7.39. The van der Waals surface area contributed by atoms with Crippen LogP contribution in [0.2, 0.25) is 0 Å². The zero-order valence-electron chi connectivity index (χ0n) is 12.9. The lowest BCUT2D eigenvalue weighted by molar-refractivity contribution is 0.240. The smallest absolute Gasteiger partial charge is 0.124 e. The van der Waals surface area contributed by atoms with E-state index >= 15 is 0 Å². The second-order valence-corrected chi connectivity index (χ2v) is 5.49. The highest BCUT2D eigenvalue weighted by atomic mass is 16.5. The summed E-state index contributed by atoms with van der Waals surface area (Å²) in [5.41, 5.74) is 3.54. The van der Waals surface area contributed by atoms with Gasteiger partial charge in [-0.3, -0.25) is 9.58 Å². The molecule has 0 aliphatic carbocycles. The number of hydrogen-bond acceptors (Lipinski definition) is 4. The Hall–Kier alpha value is -2.40. The highest BCUT2D eigenvalue weighted by molar-refractivity contribution is 5.27. The van der Waals surface area contributed by atoms with E-state index in [9.17, 15) is 0 Å². The minimum Gasteiger partial charge on any atom is -0.364 e. The molecule has 2 aromatic heterocycles. The average Bonchev–Trinajstić information content (AvgIpc) is 3.21. The van der Waals surface area contributed by atoms with Crippen molar-refractivity contribution >= 4 is 0 Å². The van der Waals surface area contributed by atoms with Crippen LogP contribution in [0.5, 0.6) is 0 Å². The first kappa shape index (κ1) is 14.5. The van der Waals surface area contributed by atoms with Gasteiger partial charge in [-0.2, -0.15) is 5.10 Å². The number of hydrogen-bond donors (Lipinski definition) is 0. The van der Waals surface area contributed by atoms with Gasteiger partial charge in [0.1, 0.15) is 12.0 Å². The minimum atomic E-state index is 0.205. The summed E-state index contributed by atoms with van der Waals surface area (Å²) in [5, 5.41) is 8.32. The van der Waals surface area contributed by atoms with Crippen LogP contribution in [-0.2, 0) is 13.1 Å². The summed E-state index contributed by atoms with van der Waals surface area (Å²) in [6.45, 7) is 3.77. The largest absolute Gasteiger partial charge is 0.364 e. The molecule has 0 amide bonds. The van der Waals surface area contributed by atoms with E-state index in [1.807, 2.05) is 23.0 Å². The maximum atomic E-state index is 4.94. The van der Waals surface area contributed by atoms with Gasteiger partial charge in [0.25, 0.3) is 0 Å². The quantitative estimate of drug-likeness (QED) is 0.701. The fraction of sp³-hybridized carbons (Fsp3) is 0.294. The highest BCUT2D eigenvalue weighted by Gasteiger charge is 2.15. The van der Waals surface area contributed by atoms with Gasteiger partial charge < -0.3 is 4.52 Å². The Morgan fingerprint density at radius 3 is 2.68 bits per heavy atom. The van der Waals surface area contributed by atoms with Crippen molar-refractivity contribution in [3.05, 3.63) is 71.9 Å². The Labute approximate surface area is 130 Å². The number of aromatic nitrogens is 3. The zero-order valence-corrected chi connectivity index (χ0v) is 12.9. The fourth-order valence-electron chi connectivity index (χ4n) is 2.50. The summed E-state index contributed by atoms with van der Waals surface area (Å²) in [7, 11) is 2.10. The molecular weight excluding hydrogens is 276 g/mol. The lowest BCUT2D eigenvalue weighted by Crippen LogP contribution is -2.23. The maximum absolute atomic E-state index is 4.94. The molecule has 0 aliphatic heterocycles. The third-order valence-corrected chi connectivity index (χ3v) is 3.98. The molecule has 0 aliphatic rings. The summed E-state index contributed by atoms with van der Waals surface area (Å²) in [6, 6.07) is 12.5. The number of rotatable bonds is 6. The molecule has 114 valence electrons. The molecule has 5 heteroatoms. The van der Waals surface area contributed by atoms with Crippen molar-refractivity contribution in [2.75, 3.05) is 7.05 Å². The van der Waals surface area contributed by atoms with Gasteiger partial charge in [-0.05, 0) is 31.2 Å². The molecule has 0 spiro atoms. The second-order valence-electron chi connectivity index (χ2n) is 5.49. The Morgan fingerprint density at radius 2 is 2.00 bits per heavy atom. The van der Waals surface area contributed by atoms with Gasteiger partial charge >= 0.3 is 0 Å². The van der Waals surface area contributed by atoms with Gasteiger partial charge in [-0.25, -0.2) is 0 Å². The van der Waals surface area contributed by atoms with Crippen LogP contribution in [0.1, 0.15) is 29.8 Å². The number of nitrogens with zero attached hydrogens (tertiary/aromatic N) is 4. The molecule has 0 bridgehead atoms. The Bertz CT molecular complexity index is 691. The SMILES string of the molecule is CC(c1ccon1)N(C)Cc1ccccc1Cn1cccn1. The van der Waals surface area contributed by atoms with Crippen molar-refractivity contribution in [1.29, 1.82) is 0 Å². The first-order chi connectivity index (χ1) is 10.7. The van der Waals surface area contributed by atoms with E-state index in [-0.39, 0.29) is 6.04 Å². The van der Waals surface area contributed by atoms with Crippen molar-refractivity contribution in [2.45, 2.75) is 26.1 Å². The van der Waals surface area contributed by atoms with Crippen LogP contribution in [0.4, 0.5) is 0 Å². The molecular formula is C17H20N4O. The van der Waals surface area contributed by atoms with Gasteiger partial charge in [0, 0.05) is 25.0 Å². The van der Waals surface area contributed by atoms with Crippen molar-refractivity contribution in [2.24, 2.45) is 0 Å². The van der Waals surface area contributed by atoms with Gasteiger partial charge in [0.15, 0.2) is 0 Å².